The van der Waals surface area contributed by atoms with Crippen LogP contribution in [0.2, 0.25) is 0 Å². The lowest BCUT2D eigenvalue weighted by molar-refractivity contribution is -0.133. The normalized spacial score (nSPS) is 20.0. The molecular formula is C13H19ClN2O2. The Kier molecular flexibility index (Phi) is 5.59. The Hall–Kier alpha value is -1.10. The first-order chi connectivity index (χ1) is 8.20. The van der Waals surface area contributed by atoms with Crippen LogP contribution in [0.3, 0.4) is 0 Å². The molecule has 4 nitrogen and oxygen atoms in total. The van der Waals surface area contributed by atoms with E-state index in [0.717, 1.165) is 18.6 Å². The van der Waals surface area contributed by atoms with Crippen molar-refractivity contribution in [1.29, 1.82) is 0 Å². The first kappa shape index (κ1) is 15.0. The second-order valence-corrected chi connectivity index (χ2v) is 4.35. The number of rotatable bonds is 3. The fourth-order valence-corrected chi connectivity index (χ4v) is 2.03. The largest absolute Gasteiger partial charge is 0.379 e. The standard InChI is InChI=1S/C13H18N2O2.ClH/c1-15(11-7-8-17-9-11)13(16)12(14)10-5-3-2-4-6-10;/h2-6,11-12H,7-9,14H2,1H3;1H. The number of carbonyl (C=O) groups is 1. The van der Waals surface area contributed by atoms with E-state index < -0.39 is 6.04 Å². The molecule has 18 heavy (non-hydrogen) atoms. The van der Waals surface area contributed by atoms with Crippen molar-refractivity contribution >= 4 is 18.3 Å². The summed E-state index contributed by atoms with van der Waals surface area (Å²) < 4.78 is 5.28. The number of amides is 1. The average Bonchev–Trinajstić information content (AvgIpc) is 2.91. The lowest BCUT2D eigenvalue weighted by Crippen LogP contribution is -2.42. The molecule has 0 aliphatic carbocycles. The molecule has 100 valence electrons. The Labute approximate surface area is 114 Å². The van der Waals surface area contributed by atoms with Crippen molar-refractivity contribution < 1.29 is 9.53 Å². The van der Waals surface area contributed by atoms with Crippen LogP contribution in [0, 0.1) is 0 Å². The highest BCUT2D eigenvalue weighted by atomic mass is 35.5. The second-order valence-electron chi connectivity index (χ2n) is 4.35. The molecule has 1 aromatic carbocycles. The lowest BCUT2D eigenvalue weighted by atomic mass is 10.1. The van der Waals surface area contributed by atoms with Crippen LogP contribution in [-0.4, -0.2) is 37.1 Å². The van der Waals surface area contributed by atoms with Crippen LogP contribution in [0.5, 0.6) is 0 Å². The third-order valence-corrected chi connectivity index (χ3v) is 3.23. The number of halogens is 1. The first-order valence-electron chi connectivity index (χ1n) is 5.85. The Bertz CT molecular complexity index is 380. The van der Waals surface area contributed by atoms with E-state index in [1.54, 1.807) is 11.9 Å². The van der Waals surface area contributed by atoms with Gasteiger partial charge in [0.1, 0.15) is 6.04 Å². The summed E-state index contributed by atoms with van der Waals surface area (Å²) in [4.78, 5) is 13.9. The zero-order valence-electron chi connectivity index (χ0n) is 10.4. The van der Waals surface area contributed by atoms with Gasteiger partial charge in [-0.05, 0) is 12.0 Å². The van der Waals surface area contributed by atoms with Crippen molar-refractivity contribution in [3.63, 3.8) is 0 Å². The fourth-order valence-electron chi connectivity index (χ4n) is 2.03. The average molecular weight is 271 g/mol. The highest BCUT2D eigenvalue weighted by molar-refractivity contribution is 5.85. The van der Waals surface area contributed by atoms with Gasteiger partial charge in [-0.15, -0.1) is 12.4 Å². The van der Waals surface area contributed by atoms with Gasteiger partial charge in [0.2, 0.25) is 5.91 Å². The zero-order chi connectivity index (χ0) is 12.3. The van der Waals surface area contributed by atoms with Crippen LogP contribution in [-0.2, 0) is 9.53 Å². The van der Waals surface area contributed by atoms with E-state index in [4.69, 9.17) is 10.5 Å². The van der Waals surface area contributed by atoms with Crippen LogP contribution in [0.25, 0.3) is 0 Å². The van der Waals surface area contributed by atoms with Gasteiger partial charge in [-0.3, -0.25) is 4.79 Å². The molecule has 2 N–H and O–H groups in total. The Morgan fingerprint density at radius 1 is 1.44 bits per heavy atom. The molecule has 1 saturated heterocycles. The number of carbonyl (C=O) groups excluding carboxylic acids is 1. The number of hydrogen-bond acceptors (Lipinski definition) is 3. The molecule has 5 heteroatoms. The third kappa shape index (κ3) is 3.22. The predicted octanol–water partition coefficient (Wildman–Crippen LogP) is 1.36. The maximum absolute atomic E-state index is 12.2. The number of ether oxygens (including phenoxy) is 1. The number of likely N-dealkylation sites (N-methyl/N-ethyl adjacent to an activating group) is 1. The monoisotopic (exact) mass is 270 g/mol. The Morgan fingerprint density at radius 3 is 2.67 bits per heavy atom. The highest BCUT2D eigenvalue weighted by Crippen LogP contribution is 2.17. The zero-order valence-corrected chi connectivity index (χ0v) is 11.2. The number of nitrogens with zero attached hydrogens (tertiary/aromatic N) is 1. The Morgan fingerprint density at radius 2 is 2.11 bits per heavy atom. The van der Waals surface area contributed by atoms with Crippen LogP contribution in [0.4, 0.5) is 0 Å². The number of hydrogen-bond donors (Lipinski definition) is 1. The quantitative estimate of drug-likeness (QED) is 0.902. The molecule has 0 aromatic heterocycles. The minimum atomic E-state index is -0.582. The van der Waals surface area contributed by atoms with Crippen LogP contribution in [0.1, 0.15) is 18.0 Å². The maximum Gasteiger partial charge on any atom is 0.244 e. The van der Waals surface area contributed by atoms with E-state index >= 15 is 0 Å². The molecular weight excluding hydrogens is 252 g/mol. The molecule has 1 aromatic rings. The second kappa shape index (κ2) is 6.73. The van der Waals surface area contributed by atoms with Gasteiger partial charge in [-0.25, -0.2) is 0 Å². The molecule has 1 amide bonds. The van der Waals surface area contributed by atoms with Gasteiger partial charge >= 0.3 is 0 Å². The highest BCUT2D eigenvalue weighted by Gasteiger charge is 2.27. The van der Waals surface area contributed by atoms with Crippen molar-refractivity contribution in [3.05, 3.63) is 35.9 Å². The lowest BCUT2D eigenvalue weighted by Gasteiger charge is -2.26. The molecule has 0 bridgehead atoms. The summed E-state index contributed by atoms with van der Waals surface area (Å²) in [6.07, 6.45) is 0.893. The Balaban J connectivity index is 0.00000162. The van der Waals surface area contributed by atoms with E-state index in [1.807, 2.05) is 30.3 Å². The van der Waals surface area contributed by atoms with E-state index in [9.17, 15) is 4.79 Å². The molecule has 0 spiro atoms. The SMILES string of the molecule is CN(C(=O)C(N)c1ccccc1)C1CCOC1.Cl. The number of benzene rings is 1. The molecule has 0 saturated carbocycles. The van der Waals surface area contributed by atoms with Crippen LogP contribution >= 0.6 is 12.4 Å². The van der Waals surface area contributed by atoms with Crippen molar-refractivity contribution in [2.75, 3.05) is 20.3 Å². The summed E-state index contributed by atoms with van der Waals surface area (Å²) in [7, 11) is 1.80. The summed E-state index contributed by atoms with van der Waals surface area (Å²) in [5, 5.41) is 0. The molecule has 1 aliphatic rings. The minimum Gasteiger partial charge on any atom is -0.379 e. The van der Waals surface area contributed by atoms with E-state index in [-0.39, 0.29) is 24.4 Å². The van der Waals surface area contributed by atoms with E-state index in [2.05, 4.69) is 0 Å². The molecule has 2 atom stereocenters. The first-order valence-corrected chi connectivity index (χ1v) is 5.85. The molecule has 1 aliphatic heterocycles. The summed E-state index contributed by atoms with van der Waals surface area (Å²) in [6, 6.07) is 9.03. The summed E-state index contributed by atoms with van der Waals surface area (Å²) in [6.45, 7) is 1.34. The smallest absolute Gasteiger partial charge is 0.244 e. The minimum absolute atomic E-state index is 0. The summed E-state index contributed by atoms with van der Waals surface area (Å²) in [5.74, 6) is -0.0494. The molecule has 0 radical (unpaired) electrons. The number of nitrogens with two attached hydrogens (primary N) is 1. The van der Waals surface area contributed by atoms with Gasteiger partial charge in [0, 0.05) is 13.7 Å². The van der Waals surface area contributed by atoms with E-state index in [0.29, 0.717) is 6.61 Å². The van der Waals surface area contributed by atoms with Gasteiger partial charge < -0.3 is 15.4 Å². The maximum atomic E-state index is 12.2. The van der Waals surface area contributed by atoms with Crippen LogP contribution in [0.15, 0.2) is 30.3 Å². The summed E-state index contributed by atoms with van der Waals surface area (Å²) in [5.41, 5.74) is 6.83. The van der Waals surface area contributed by atoms with Crippen molar-refractivity contribution in [3.8, 4) is 0 Å². The van der Waals surface area contributed by atoms with Gasteiger partial charge in [0.15, 0.2) is 0 Å². The van der Waals surface area contributed by atoms with Gasteiger partial charge in [-0.1, -0.05) is 30.3 Å². The fraction of sp³-hybridized carbons (Fsp3) is 0.462. The van der Waals surface area contributed by atoms with E-state index in [1.165, 1.54) is 0 Å². The van der Waals surface area contributed by atoms with Gasteiger partial charge in [0.05, 0.1) is 12.6 Å². The van der Waals surface area contributed by atoms with Crippen molar-refractivity contribution in [2.24, 2.45) is 5.73 Å². The summed E-state index contributed by atoms with van der Waals surface area (Å²) >= 11 is 0. The third-order valence-electron chi connectivity index (χ3n) is 3.23. The predicted molar refractivity (Wildman–Crippen MR) is 72.6 cm³/mol. The van der Waals surface area contributed by atoms with Crippen LogP contribution < -0.4 is 5.73 Å². The molecule has 2 rings (SSSR count). The topological polar surface area (TPSA) is 55.6 Å². The van der Waals surface area contributed by atoms with Crippen molar-refractivity contribution in [2.45, 2.75) is 18.5 Å². The molecule has 1 fully saturated rings. The molecule has 2 unspecified atom stereocenters. The molecule has 1 heterocycles. The van der Waals surface area contributed by atoms with Gasteiger partial charge in [0.25, 0.3) is 0 Å². The van der Waals surface area contributed by atoms with Crippen molar-refractivity contribution in [1.82, 2.24) is 4.90 Å². The van der Waals surface area contributed by atoms with Gasteiger partial charge in [-0.2, -0.15) is 0 Å².